The number of rotatable bonds is 4. The minimum Gasteiger partial charge on any atom is -0.301 e. The Morgan fingerprint density at radius 2 is 2.09 bits per heavy atom. The molecule has 0 saturated carbocycles. The van der Waals surface area contributed by atoms with E-state index in [0.29, 0.717) is 0 Å². The van der Waals surface area contributed by atoms with Crippen LogP contribution in [0.1, 0.15) is 36.9 Å². The van der Waals surface area contributed by atoms with Gasteiger partial charge >= 0.3 is 0 Å². The molecule has 0 unspecified atom stereocenters. The largest absolute Gasteiger partial charge is 0.301 e. The average Bonchev–Trinajstić information content (AvgIpc) is 2.96. The van der Waals surface area contributed by atoms with Crippen LogP contribution in [0.15, 0.2) is 28.6 Å². The molecule has 9 heteroatoms. The van der Waals surface area contributed by atoms with Crippen molar-refractivity contribution in [3.8, 4) is 0 Å². The van der Waals surface area contributed by atoms with E-state index in [1.54, 1.807) is 0 Å². The van der Waals surface area contributed by atoms with E-state index in [1.165, 1.54) is 12.5 Å². The standard InChI is InChI=1S/C14H16N4O3S2/c1-9(19)15-13-16-17-14(22-13)23(20,21)18-12-8-4-6-10-5-2-3-7-11(10)12/h2-3,5,7,12,18H,4,6,8H2,1H3,(H,15,16,19)/t12-/m0/s1. The van der Waals surface area contributed by atoms with Gasteiger partial charge in [0.2, 0.25) is 15.4 Å². The average molecular weight is 352 g/mol. The zero-order chi connectivity index (χ0) is 16.4. The molecule has 3 rings (SSSR count). The van der Waals surface area contributed by atoms with Crippen LogP contribution in [0, 0.1) is 0 Å². The number of hydrogen-bond acceptors (Lipinski definition) is 6. The maximum atomic E-state index is 12.5. The third-order valence-electron chi connectivity index (χ3n) is 3.59. The van der Waals surface area contributed by atoms with Crippen LogP contribution in [0.4, 0.5) is 5.13 Å². The number of benzene rings is 1. The highest BCUT2D eigenvalue weighted by molar-refractivity contribution is 7.91. The van der Waals surface area contributed by atoms with Crippen molar-refractivity contribution in [1.29, 1.82) is 0 Å². The molecular weight excluding hydrogens is 336 g/mol. The summed E-state index contributed by atoms with van der Waals surface area (Å²) in [5, 5.41) is 9.94. The van der Waals surface area contributed by atoms with Gasteiger partial charge in [0.05, 0.1) is 0 Å². The number of aromatic nitrogens is 2. The lowest BCUT2D eigenvalue weighted by Crippen LogP contribution is -2.31. The number of nitrogens with zero attached hydrogens (tertiary/aromatic N) is 2. The SMILES string of the molecule is CC(=O)Nc1nnc(S(=O)(=O)N[C@H]2CCCc3ccccc32)s1. The van der Waals surface area contributed by atoms with Gasteiger partial charge in [0.1, 0.15) is 0 Å². The van der Waals surface area contributed by atoms with Crippen LogP contribution >= 0.6 is 11.3 Å². The molecule has 0 saturated heterocycles. The van der Waals surface area contributed by atoms with Gasteiger partial charge in [0.15, 0.2) is 0 Å². The summed E-state index contributed by atoms with van der Waals surface area (Å²) in [4.78, 5) is 11.0. The van der Waals surface area contributed by atoms with E-state index in [4.69, 9.17) is 0 Å². The van der Waals surface area contributed by atoms with Crippen molar-refractivity contribution in [2.24, 2.45) is 0 Å². The Hall–Kier alpha value is -1.84. The smallest absolute Gasteiger partial charge is 0.270 e. The molecule has 0 fully saturated rings. The Balaban J connectivity index is 1.82. The fourth-order valence-electron chi connectivity index (χ4n) is 2.63. The number of amides is 1. The Morgan fingerprint density at radius 3 is 2.87 bits per heavy atom. The fourth-order valence-corrected chi connectivity index (χ4v) is 4.85. The van der Waals surface area contributed by atoms with Crippen molar-refractivity contribution in [2.45, 2.75) is 36.6 Å². The summed E-state index contributed by atoms with van der Waals surface area (Å²) in [7, 11) is -3.77. The van der Waals surface area contributed by atoms with Gasteiger partial charge in [-0.15, -0.1) is 10.2 Å². The van der Waals surface area contributed by atoms with Crippen molar-refractivity contribution >= 4 is 32.4 Å². The maximum absolute atomic E-state index is 12.5. The first-order chi connectivity index (χ1) is 11.0. The summed E-state index contributed by atoms with van der Waals surface area (Å²) in [6.07, 6.45) is 2.63. The van der Waals surface area contributed by atoms with Gasteiger partial charge in [-0.1, -0.05) is 35.6 Å². The van der Waals surface area contributed by atoms with Crippen LogP contribution < -0.4 is 10.0 Å². The molecule has 1 aromatic heterocycles. The number of anilines is 1. The summed E-state index contributed by atoms with van der Waals surface area (Å²) < 4.78 is 27.5. The molecule has 0 bridgehead atoms. The van der Waals surface area contributed by atoms with Crippen LogP contribution in [0.2, 0.25) is 0 Å². The van der Waals surface area contributed by atoms with Crippen LogP contribution in [0.5, 0.6) is 0 Å². The molecule has 1 aromatic carbocycles. The lowest BCUT2D eigenvalue weighted by atomic mass is 9.88. The van der Waals surface area contributed by atoms with E-state index in [9.17, 15) is 13.2 Å². The normalized spacial score (nSPS) is 17.5. The molecule has 1 heterocycles. The highest BCUT2D eigenvalue weighted by Crippen LogP contribution is 2.31. The Labute approximate surface area is 138 Å². The molecule has 0 aliphatic heterocycles. The zero-order valence-corrected chi connectivity index (χ0v) is 14.1. The summed E-state index contributed by atoms with van der Waals surface area (Å²) in [5.74, 6) is -0.320. The number of hydrogen-bond donors (Lipinski definition) is 2. The third kappa shape index (κ3) is 3.57. The lowest BCUT2D eigenvalue weighted by molar-refractivity contribution is -0.114. The van der Waals surface area contributed by atoms with Crippen LogP contribution in [0.25, 0.3) is 0 Å². The zero-order valence-electron chi connectivity index (χ0n) is 12.4. The van der Waals surface area contributed by atoms with E-state index < -0.39 is 10.0 Å². The number of carbonyl (C=O) groups excluding carboxylic acids is 1. The number of nitrogens with one attached hydrogen (secondary N) is 2. The molecule has 1 aliphatic carbocycles. The van der Waals surface area contributed by atoms with Gasteiger partial charge in [0.25, 0.3) is 10.0 Å². The molecule has 7 nitrogen and oxygen atoms in total. The molecule has 23 heavy (non-hydrogen) atoms. The Kier molecular flexibility index (Phi) is 4.42. The molecule has 122 valence electrons. The number of fused-ring (bicyclic) bond motifs is 1. The van der Waals surface area contributed by atoms with Gasteiger partial charge in [-0.25, -0.2) is 13.1 Å². The summed E-state index contributed by atoms with van der Waals surface area (Å²) >= 11 is 0.833. The van der Waals surface area contributed by atoms with Gasteiger partial charge < -0.3 is 5.32 Å². The van der Waals surface area contributed by atoms with Crippen molar-refractivity contribution < 1.29 is 13.2 Å². The fraction of sp³-hybridized carbons (Fsp3) is 0.357. The second-order valence-electron chi connectivity index (χ2n) is 5.32. The van der Waals surface area contributed by atoms with E-state index in [2.05, 4.69) is 20.2 Å². The minimum absolute atomic E-state index is 0.149. The molecule has 0 spiro atoms. The van der Waals surface area contributed by atoms with E-state index in [1.807, 2.05) is 24.3 Å². The van der Waals surface area contributed by atoms with Crippen molar-refractivity contribution in [1.82, 2.24) is 14.9 Å². The number of carbonyl (C=O) groups is 1. The van der Waals surface area contributed by atoms with Gasteiger partial charge in [0, 0.05) is 13.0 Å². The van der Waals surface area contributed by atoms with Gasteiger partial charge in [-0.2, -0.15) is 0 Å². The number of sulfonamides is 1. The predicted molar refractivity (Wildman–Crippen MR) is 86.7 cm³/mol. The molecule has 2 aromatic rings. The first-order valence-electron chi connectivity index (χ1n) is 7.17. The molecule has 1 aliphatic rings. The predicted octanol–water partition coefficient (Wildman–Crippen LogP) is 1.85. The number of aryl methyl sites for hydroxylation is 1. The van der Waals surface area contributed by atoms with Gasteiger partial charge in [-0.3, -0.25) is 4.79 Å². The van der Waals surface area contributed by atoms with Crippen molar-refractivity contribution in [2.75, 3.05) is 5.32 Å². The highest BCUT2D eigenvalue weighted by atomic mass is 32.2. The first-order valence-corrected chi connectivity index (χ1v) is 9.47. The third-order valence-corrected chi connectivity index (χ3v) is 6.26. The van der Waals surface area contributed by atoms with Crippen molar-refractivity contribution in [3.05, 3.63) is 35.4 Å². The summed E-state index contributed by atoms with van der Waals surface area (Å²) in [5.41, 5.74) is 2.18. The maximum Gasteiger partial charge on any atom is 0.270 e. The highest BCUT2D eigenvalue weighted by Gasteiger charge is 2.28. The minimum atomic E-state index is -3.77. The summed E-state index contributed by atoms with van der Waals surface area (Å²) in [6, 6.07) is 7.57. The topological polar surface area (TPSA) is 101 Å². The molecule has 1 amide bonds. The first kappa shape index (κ1) is 16.0. The van der Waals surface area contributed by atoms with Crippen LogP contribution in [0.3, 0.4) is 0 Å². The van der Waals surface area contributed by atoms with E-state index in [0.717, 1.165) is 36.2 Å². The lowest BCUT2D eigenvalue weighted by Gasteiger charge is -2.25. The van der Waals surface area contributed by atoms with Gasteiger partial charge in [-0.05, 0) is 30.4 Å². The molecular formula is C14H16N4O3S2. The molecule has 0 radical (unpaired) electrons. The Bertz CT molecular complexity index is 832. The second-order valence-corrected chi connectivity index (χ2v) is 8.18. The van der Waals surface area contributed by atoms with E-state index in [-0.39, 0.29) is 21.4 Å². The summed E-state index contributed by atoms with van der Waals surface area (Å²) in [6.45, 7) is 1.33. The monoisotopic (exact) mass is 352 g/mol. The van der Waals surface area contributed by atoms with E-state index >= 15 is 0 Å². The molecule has 1 atom stereocenters. The van der Waals surface area contributed by atoms with Crippen LogP contribution in [-0.4, -0.2) is 24.5 Å². The quantitative estimate of drug-likeness (QED) is 0.818. The van der Waals surface area contributed by atoms with Crippen LogP contribution in [-0.2, 0) is 21.2 Å². The second kappa shape index (κ2) is 6.34. The van der Waals surface area contributed by atoms with Crippen molar-refractivity contribution in [3.63, 3.8) is 0 Å². The molecule has 2 N–H and O–H groups in total. The Morgan fingerprint density at radius 1 is 1.30 bits per heavy atom.